The molecule has 0 spiro atoms. The fourth-order valence-corrected chi connectivity index (χ4v) is 2.62. The molecular formula is C23H16N2O2. The minimum absolute atomic E-state index is 0.0141. The maximum absolute atomic E-state index is 12.6. The normalized spacial score (nSPS) is 10.7. The summed E-state index contributed by atoms with van der Waals surface area (Å²) in [6.45, 7) is 0.187. The molecule has 4 nitrogen and oxygen atoms in total. The summed E-state index contributed by atoms with van der Waals surface area (Å²) in [7, 11) is 0. The first-order valence-electron chi connectivity index (χ1n) is 8.28. The van der Waals surface area contributed by atoms with Crippen molar-refractivity contribution in [2.45, 2.75) is 0 Å². The van der Waals surface area contributed by atoms with Crippen molar-refractivity contribution in [1.29, 1.82) is 5.26 Å². The second-order valence-corrected chi connectivity index (χ2v) is 5.71. The van der Waals surface area contributed by atoms with Gasteiger partial charge in [0.2, 0.25) is 0 Å². The Balaban J connectivity index is 1.80. The van der Waals surface area contributed by atoms with Crippen LogP contribution in [-0.4, -0.2) is 12.5 Å². The Kier molecular flexibility index (Phi) is 5.52. The number of terminal acetylenes is 1. The molecule has 0 radical (unpaired) electrons. The number of hydrogen-bond acceptors (Lipinski definition) is 3. The fraction of sp³-hybridized carbons (Fsp3) is 0.0435. The molecule has 0 aliphatic carbocycles. The van der Waals surface area contributed by atoms with Crippen LogP contribution in [-0.2, 0) is 4.79 Å². The molecule has 0 aliphatic heterocycles. The van der Waals surface area contributed by atoms with Crippen molar-refractivity contribution in [3.05, 3.63) is 77.9 Å². The standard InChI is InChI=1S/C23H16N2O2/c1-2-14-27-20-12-10-17(11-13-20)15-19(16-24)23(26)25-22-9-5-7-18-6-3-4-8-21(18)22/h1,3-13,15H,14H2,(H,25,26). The summed E-state index contributed by atoms with van der Waals surface area (Å²) < 4.78 is 5.31. The number of nitrogens with zero attached hydrogens (tertiary/aromatic N) is 1. The van der Waals surface area contributed by atoms with E-state index in [1.807, 2.05) is 48.5 Å². The lowest BCUT2D eigenvalue weighted by Crippen LogP contribution is -2.13. The van der Waals surface area contributed by atoms with Gasteiger partial charge in [0.15, 0.2) is 0 Å². The zero-order chi connectivity index (χ0) is 19.1. The van der Waals surface area contributed by atoms with Crippen LogP contribution >= 0.6 is 0 Å². The Labute approximate surface area is 157 Å². The molecule has 0 bridgehead atoms. The van der Waals surface area contributed by atoms with Gasteiger partial charge in [-0.15, -0.1) is 6.42 Å². The number of amides is 1. The Morgan fingerprint density at radius 2 is 1.81 bits per heavy atom. The maximum atomic E-state index is 12.6. The second-order valence-electron chi connectivity index (χ2n) is 5.71. The van der Waals surface area contributed by atoms with Crippen molar-refractivity contribution >= 4 is 28.4 Å². The van der Waals surface area contributed by atoms with Crippen molar-refractivity contribution in [3.8, 4) is 24.2 Å². The quantitative estimate of drug-likeness (QED) is 0.421. The second kappa shape index (κ2) is 8.38. The van der Waals surface area contributed by atoms with Crippen LogP contribution < -0.4 is 10.1 Å². The number of ether oxygens (including phenoxy) is 1. The third kappa shape index (κ3) is 4.34. The van der Waals surface area contributed by atoms with Gasteiger partial charge in [-0.1, -0.05) is 54.5 Å². The number of anilines is 1. The van der Waals surface area contributed by atoms with E-state index < -0.39 is 5.91 Å². The molecule has 3 aromatic carbocycles. The maximum Gasteiger partial charge on any atom is 0.266 e. The van der Waals surface area contributed by atoms with Gasteiger partial charge in [-0.2, -0.15) is 5.26 Å². The van der Waals surface area contributed by atoms with Gasteiger partial charge in [-0.3, -0.25) is 4.79 Å². The predicted octanol–water partition coefficient (Wildman–Crippen LogP) is 4.40. The monoisotopic (exact) mass is 352 g/mol. The molecule has 27 heavy (non-hydrogen) atoms. The van der Waals surface area contributed by atoms with E-state index in [9.17, 15) is 10.1 Å². The van der Waals surface area contributed by atoms with E-state index in [-0.39, 0.29) is 12.2 Å². The van der Waals surface area contributed by atoms with E-state index in [0.717, 1.165) is 10.8 Å². The Hall–Kier alpha value is -4.02. The fourth-order valence-electron chi connectivity index (χ4n) is 2.62. The molecule has 4 heteroatoms. The summed E-state index contributed by atoms with van der Waals surface area (Å²) in [6.07, 6.45) is 6.69. The lowest BCUT2D eigenvalue weighted by Gasteiger charge is -2.08. The third-order valence-electron chi connectivity index (χ3n) is 3.92. The Bertz CT molecular complexity index is 1080. The first-order valence-corrected chi connectivity index (χ1v) is 8.28. The largest absolute Gasteiger partial charge is 0.481 e. The Morgan fingerprint density at radius 1 is 1.07 bits per heavy atom. The highest BCUT2D eigenvalue weighted by Crippen LogP contribution is 2.23. The minimum atomic E-state index is -0.457. The molecule has 0 saturated carbocycles. The van der Waals surface area contributed by atoms with Gasteiger partial charge in [-0.05, 0) is 35.2 Å². The van der Waals surface area contributed by atoms with Crippen molar-refractivity contribution in [2.24, 2.45) is 0 Å². The Morgan fingerprint density at radius 3 is 2.56 bits per heavy atom. The highest BCUT2D eigenvalue weighted by molar-refractivity contribution is 6.12. The molecule has 3 aromatic rings. The highest BCUT2D eigenvalue weighted by Gasteiger charge is 2.11. The van der Waals surface area contributed by atoms with E-state index in [0.29, 0.717) is 17.0 Å². The lowest BCUT2D eigenvalue weighted by atomic mass is 10.1. The first kappa shape index (κ1) is 17.8. The van der Waals surface area contributed by atoms with Crippen LogP contribution in [0.15, 0.2) is 72.3 Å². The van der Waals surface area contributed by atoms with Gasteiger partial charge in [0.1, 0.15) is 24.0 Å². The highest BCUT2D eigenvalue weighted by atomic mass is 16.5. The molecule has 0 saturated heterocycles. The molecule has 130 valence electrons. The minimum Gasteiger partial charge on any atom is -0.481 e. The van der Waals surface area contributed by atoms with E-state index in [2.05, 4.69) is 11.2 Å². The van der Waals surface area contributed by atoms with Crippen molar-refractivity contribution in [1.82, 2.24) is 0 Å². The zero-order valence-electron chi connectivity index (χ0n) is 14.5. The number of carbonyl (C=O) groups is 1. The van der Waals surface area contributed by atoms with E-state index in [4.69, 9.17) is 11.2 Å². The van der Waals surface area contributed by atoms with Crippen LogP contribution in [0.2, 0.25) is 0 Å². The van der Waals surface area contributed by atoms with E-state index in [1.165, 1.54) is 6.08 Å². The smallest absolute Gasteiger partial charge is 0.266 e. The van der Waals surface area contributed by atoms with Crippen molar-refractivity contribution in [2.75, 3.05) is 11.9 Å². The number of nitriles is 1. The van der Waals surface area contributed by atoms with Gasteiger partial charge < -0.3 is 10.1 Å². The first-order chi connectivity index (χ1) is 13.2. The summed E-state index contributed by atoms with van der Waals surface area (Å²) >= 11 is 0. The van der Waals surface area contributed by atoms with Crippen LogP contribution in [0.4, 0.5) is 5.69 Å². The molecule has 3 rings (SSSR count). The van der Waals surface area contributed by atoms with Crippen molar-refractivity contribution in [3.63, 3.8) is 0 Å². The van der Waals surface area contributed by atoms with E-state index >= 15 is 0 Å². The summed E-state index contributed by atoms with van der Waals surface area (Å²) in [6, 6.07) is 22.3. The average molecular weight is 352 g/mol. The van der Waals surface area contributed by atoms with Gasteiger partial charge >= 0.3 is 0 Å². The summed E-state index contributed by atoms with van der Waals surface area (Å²) in [5.41, 5.74) is 1.39. The number of hydrogen-bond donors (Lipinski definition) is 1. The van der Waals surface area contributed by atoms with Crippen LogP contribution in [0.3, 0.4) is 0 Å². The zero-order valence-corrected chi connectivity index (χ0v) is 14.5. The van der Waals surface area contributed by atoms with Crippen LogP contribution in [0.5, 0.6) is 5.75 Å². The summed E-state index contributed by atoms with van der Waals surface area (Å²) in [5.74, 6) is 2.56. The van der Waals surface area contributed by atoms with Crippen molar-refractivity contribution < 1.29 is 9.53 Å². The molecule has 0 atom stereocenters. The van der Waals surface area contributed by atoms with Gasteiger partial charge in [0, 0.05) is 11.1 Å². The van der Waals surface area contributed by atoms with Crippen LogP contribution in [0, 0.1) is 23.7 Å². The average Bonchev–Trinajstić information content (AvgIpc) is 2.71. The number of benzene rings is 3. The van der Waals surface area contributed by atoms with Crippen LogP contribution in [0.25, 0.3) is 16.8 Å². The number of rotatable bonds is 5. The SMILES string of the molecule is C#CCOc1ccc(C=C(C#N)C(=O)Nc2cccc3ccccc23)cc1. The summed E-state index contributed by atoms with van der Waals surface area (Å²) in [4.78, 5) is 12.6. The number of carbonyl (C=O) groups excluding carboxylic acids is 1. The number of fused-ring (bicyclic) bond motifs is 1. The molecule has 1 N–H and O–H groups in total. The van der Waals surface area contributed by atoms with Gasteiger partial charge in [0.05, 0.1) is 0 Å². The molecule has 0 aliphatic rings. The molecule has 0 fully saturated rings. The molecule has 0 aromatic heterocycles. The topological polar surface area (TPSA) is 62.1 Å². The molecule has 1 amide bonds. The summed E-state index contributed by atoms with van der Waals surface area (Å²) in [5, 5.41) is 14.1. The lowest BCUT2D eigenvalue weighted by molar-refractivity contribution is -0.112. The molecule has 0 unspecified atom stereocenters. The van der Waals surface area contributed by atoms with Gasteiger partial charge in [0.25, 0.3) is 5.91 Å². The van der Waals surface area contributed by atoms with Gasteiger partial charge in [-0.25, -0.2) is 0 Å². The third-order valence-corrected chi connectivity index (χ3v) is 3.92. The number of nitrogens with one attached hydrogen (secondary N) is 1. The van der Waals surface area contributed by atoms with Crippen LogP contribution in [0.1, 0.15) is 5.56 Å². The molecular weight excluding hydrogens is 336 g/mol. The molecule has 0 heterocycles. The predicted molar refractivity (Wildman–Crippen MR) is 107 cm³/mol. The van der Waals surface area contributed by atoms with E-state index in [1.54, 1.807) is 24.3 Å².